The lowest BCUT2D eigenvalue weighted by Crippen LogP contribution is -2.35. The van der Waals surface area contributed by atoms with E-state index < -0.39 is 5.97 Å². The number of carboxylic acids is 1. The highest BCUT2D eigenvalue weighted by Gasteiger charge is 2.35. The number of carboxylic acid groups (broad SMARTS) is 1. The van der Waals surface area contributed by atoms with Gasteiger partial charge in [0, 0.05) is 6.04 Å². The number of amides is 1. The Morgan fingerprint density at radius 2 is 1.74 bits per heavy atom. The summed E-state index contributed by atoms with van der Waals surface area (Å²) in [5.41, 5.74) is 2.94. The third-order valence-electron chi connectivity index (χ3n) is 4.07. The lowest BCUT2D eigenvalue weighted by atomic mass is 10.1. The molecule has 27 heavy (non-hydrogen) atoms. The average molecular weight is 380 g/mol. The highest BCUT2D eigenvalue weighted by atomic mass is 32.2. The van der Waals surface area contributed by atoms with E-state index in [2.05, 4.69) is 4.99 Å². The molecule has 0 radical (unpaired) electrons. The second-order valence-corrected chi connectivity index (χ2v) is 7.55. The Balaban J connectivity index is 1.92. The first-order chi connectivity index (χ1) is 12.8. The first kappa shape index (κ1) is 18.9. The number of carbonyl (C=O) groups is 2. The van der Waals surface area contributed by atoms with Crippen LogP contribution in [0.25, 0.3) is 6.08 Å². The van der Waals surface area contributed by atoms with Gasteiger partial charge < -0.3 is 5.11 Å². The van der Waals surface area contributed by atoms with Crippen molar-refractivity contribution < 1.29 is 14.7 Å². The van der Waals surface area contributed by atoms with E-state index in [4.69, 9.17) is 5.11 Å². The summed E-state index contributed by atoms with van der Waals surface area (Å²) in [6.07, 6.45) is 1.77. The SMILES string of the molecule is Cc1ccc(N=C2S/C(=C/c3ccc(C(=O)O)cc3)C(=O)N2C(C)C)cc1. The number of nitrogens with zero attached hydrogens (tertiary/aromatic N) is 2. The molecular weight excluding hydrogens is 360 g/mol. The molecule has 0 aliphatic carbocycles. The predicted octanol–water partition coefficient (Wildman–Crippen LogP) is 4.71. The van der Waals surface area contributed by atoms with Crippen molar-refractivity contribution in [2.24, 2.45) is 4.99 Å². The molecule has 138 valence electrons. The molecule has 1 aliphatic rings. The normalized spacial score (nSPS) is 17.3. The fraction of sp³-hybridized carbons (Fsp3) is 0.190. The number of aliphatic imine (C=N–C) groups is 1. The molecule has 1 amide bonds. The highest BCUT2D eigenvalue weighted by molar-refractivity contribution is 8.18. The third-order valence-corrected chi connectivity index (χ3v) is 5.05. The molecule has 1 heterocycles. The van der Waals surface area contributed by atoms with E-state index >= 15 is 0 Å². The summed E-state index contributed by atoms with van der Waals surface area (Å²) in [4.78, 5) is 30.7. The highest BCUT2D eigenvalue weighted by Crippen LogP contribution is 2.35. The minimum absolute atomic E-state index is 0.0190. The van der Waals surface area contributed by atoms with Gasteiger partial charge in [0.15, 0.2) is 5.17 Å². The van der Waals surface area contributed by atoms with E-state index in [1.807, 2.05) is 45.0 Å². The zero-order chi connectivity index (χ0) is 19.6. The molecule has 3 rings (SSSR count). The lowest BCUT2D eigenvalue weighted by molar-refractivity contribution is -0.123. The van der Waals surface area contributed by atoms with Crippen LogP contribution in [-0.2, 0) is 4.79 Å². The van der Waals surface area contributed by atoms with Gasteiger partial charge >= 0.3 is 5.97 Å². The van der Waals surface area contributed by atoms with Crippen LogP contribution >= 0.6 is 11.8 Å². The molecule has 0 saturated carbocycles. The Labute approximate surface area is 162 Å². The van der Waals surface area contributed by atoms with E-state index in [1.54, 1.807) is 23.1 Å². The van der Waals surface area contributed by atoms with Crippen molar-refractivity contribution in [2.45, 2.75) is 26.8 Å². The number of thioether (sulfide) groups is 1. The number of amidine groups is 1. The molecule has 1 saturated heterocycles. The van der Waals surface area contributed by atoms with Gasteiger partial charge in [0.25, 0.3) is 5.91 Å². The van der Waals surface area contributed by atoms with E-state index in [9.17, 15) is 9.59 Å². The smallest absolute Gasteiger partial charge is 0.335 e. The number of hydrogen-bond donors (Lipinski definition) is 1. The second kappa shape index (κ2) is 7.80. The van der Waals surface area contributed by atoms with Crippen LogP contribution in [-0.4, -0.2) is 33.1 Å². The molecule has 1 aliphatic heterocycles. The number of benzene rings is 2. The van der Waals surface area contributed by atoms with Crippen molar-refractivity contribution in [3.63, 3.8) is 0 Å². The van der Waals surface area contributed by atoms with Crippen LogP contribution < -0.4 is 0 Å². The number of carbonyl (C=O) groups excluding carboxylic acids is 1. The molecule has 6 heteroatoms. The number of rotatable bonds is 4. The number of aryl methyl sites for hydroxylation is 1. The fourth-order valence-corrected chi connectivity index (χ4v) is 3.74. The zero-order valence-corrected chi connectivity index (χ0v) is 16.2. The van der Waals surface area contributed by atoms with Crippen LogP contribution in [0.5, 0.6) is 0 Å². The molecule has 0 aromatic heterocycles. The Kier molecular flexibility index (Phi) is 5.46. The van der Waals surface area contributed by atoms with Crippen molar-refractivity contribution in [3.05, 3.63) is 70.1 Å². The van der Waals surface area contributed by atoms with Gasteiger partial charge in [-0.1, -0.05) is 29.8 Å². The van der Waals surface area contributed by atoms with Gasteiger partial charge in [-0.25, -0.2) is 9.79 Å². The van der Waals surface area contributed by atoms with Gasteiger partial charge in [-0.3, -0.25) is 9.69 Å². The zero-order valence-electron chi connectivity index (χ0n) is 15.3. The number of hydrogen-bond acceptors (Lipinski definition) is 4. The third kappa shape index (κ3) is 4.28. The summed E-state index contributed by atoms with van der Waals surface area (Å²) in [7, 11) is 0. The Morgan fingerprint density at radius 1 is 1.11 bits per heavy atom. The maximum Gasteiger partial charge on any atom is 0.335 e. The topological polar surface area (TPSA) is 70.0 Å². The van der Waals surface area contributed by atoms with Crippen molar-refractivity contribution in [2.75, 3.05) is 0 Å². The molecular formula is C21H20N2O3S. The van der Waals surface area contributed by atoms with Crippen molar-refractivity contribution >= 4 is 40.6 Å². The summed E-state index contributed by atoms with van der Waals surface area (Å²) in [6, 6.07) is 14.3. The fourth-order valence-electron chi connectivity index (χ4n) is 2.62. The quantitative estimate of drug-likeness (QED) is 0.780. The second-order valence-electron chi connectivity index (χ2n) is 6.54. The molecule has 0 bridgehead atoms. The summed E-state index contributed by atoms with van der Waals surface area (Å²) in [6.45, 7) is 5.92. The first-order valence-corrected chi connectivity index (χ1v) is 9.38. The van der Waals surface area contributed by atoms with Gasteiger partial charge in [0.05, 0.1) is 16.2 Å². The van der Waals surface area contributed by atoms with E-state index in [0.29, 0.717) is 10.1 Å². The largest absolute Gasteiger partial charge is 0.478 e. The van der Waals surface area contributed by atoms with E-state index in [0.717, 1.165) is 16.8 Å². The van der Waals surface area contributed by atoms with Crippen LogP contribution in [0.4, 0.5) is 5.69 Å². The monoisotopic (exact) mass is 380 g/mol. The van der Waals surface area contributed by atoms with Gasteiger partial charge in [-0.15, -0.1) is 0 Å². The van der Waals surface area contributed by atoms with Gasteiger partial charge in [0.1, 0.15) is 0 Å². The standard InChI is InChI=1S/C21H20N2O3S/c1-13(2)23-19(24)18(12-15-6-8-16(9-7-15)20(25)26)27-21(23)22-17-10-4-14(3)5-11-17/h4-13H,1-3H3,(H,25,26)/b18-12+,22-21?. The molecule has 2 aromatic carbocycles. The van der Waals surface area contributed by atoms with Crippen LogP contribution in [0.2, 0.25) is 0 Å². The Morgan fingerprint density at radius 3 is 2.30 bits per heavy atom. The van der Waals surface area contributed by atoms with Gasteiger partial charge in [-0.2, -0.15) is 0 Å². The maximum atomic E-state index is 12.8. The lowest BCUT2D eigenvalue weighted by Gasteiger charge is -2.19. The Bertz CT molecular complexity index is 929. The summed E-state index contributed by atoms with van der Waals surface area (Å²) < 4.78 is 0. The molecule has 1 N–H and O–H groups in total. The van der Waals surface area contributed by atoms with E-state index in [-0.39, 0.29) is 17.5 Å². The van der Waals surface area contributed by atoms with Gasteiger partial charge in [-0.05, 0) is 68.4 Å². The molecule has 1 fully saturated rings. The van der Waals surface area contributed by atoms with Crippen LogP contribution in [0.1, 0.15) is 35.3 Å². The van der Waals surface area contributed by atoms with Gasteiger partial charge in [0.2, 0.25) is 0 Å². The molecule has 0 unspecified atom stereocenters. The molecule has 0 atom stereocenters. The van der Waals surface area contributed by atoms with Crippen LogP contribution in [0.3, 0.4) is 0 Å². The first-order valence-electron chi connectivity index (χ1n) is 8.57. The summed E-state index contributed by atoms with van der Waals surface area (Å²) >= 11 is 1.33. The van der Waals surface area contributed by atoms with Crippen LogP contribution in [0.15, 0.2) is 58.4 Å². The number of aromatic carboxylic acids is 1. The predicted molar refractivity (Wildman–Crippen MR) is 109 cm³/mol. The Hall–Kier alpha value is -2.86. The van der Waals surface area contributed by atoms with Crippen molar-refractivity contribution in [1.82, 2.24) is 4.90 Å². The van der Waals surface area contributed by atoms with E-state index in [1.165, 1.54) is 23.9 Å². The molecule has 2 aromatic rings. The maximum absolute atomic E-state index is 12.8. The average Bonchev–Trinajstić information content (AvgIpc) is 2.92. The van der Waals surface area contributed by atoms with Crippen molar-refractivity contribution in [1.29, 1.82) is 0 Å². The summed E-state index contributed by atoms with van der Waals surface area (Å²) in [5.74, 6) is -1.07. The minimum Gasteiger partial charge on any atom is -0.478 e. The summed E-state index contributed by atoms with van der Waals surface area (Å²) in [5, 5.41) is 9.64. The molecule has 0 spiro atoms. The molecule has 5 nitrogen and oxygen atoms in total. The van der Waals surface area contributed by atoms with Crippen LogP contribution in [0, 0.1) is 6.92 Å². The van der Waals surface area contributed by atoms with Crippen molar-refractivity contribution in [3.8, 4) is 0 Å². The minimum atomic E-state index is -0.973.